The van der Waals surface area contributed by atoms with Crippen LogP contribution in [-0.4, -0.2) is 21.9 Å². The predicted molar refractivity (Wildman–Crippen MR) is 81.4 cm³/mol. The SMILES string of the molecule is CC(=O)N1CCn2c3c(c(=O)c4cc(C)ccc42)CC[C@@H]31. The molecule has 0 fully saturated rings. The zero-order valence-corrected chi connectivity index (χ0v) is 12.3. The Kier molecular flexibility index (Phi) is 2.52. The van der Waals surface area contributed by atoms with Crippen LogP contribution in [0.3, 0.4) is 0 Å². The third-order valence-corrected chi connectivity index (χ3v) is 4.89. The van der Waals surface area contributed by atoms with Gasteiger partial charge in [0, 0.05) is 36.7 Å². The summed E-state index contributed by atoms with van der Waals surface area (Å²) in [6.45, 7) is 5.15. The van der Waals surface area contributed by atoms with Crippen LogP contribution in [0.2, 0.25) is 0 Å². The van der Waals surface area contributed by atoms with Crippen molar-refractivity contribution in [1.29, 1.82) is 0 Å². The second-order valence-corrected chi connectivity index (χ2v) is 6.13. The van der Waals surface area contributed by atoms with Gasteiger partial charge in [-0.3, -0.25) is 9.59 Å². The molecule has 0 saturated heterocycles. The summed E-state index contributed by atoms with van der Waals surface area (Å²) in [7, 11) is 0. The number of pyridine rings is 1. The minimum absolute atomic E-state index is 0.0876. The summed E-state index contributed by atoms with van der Waals surface area (Å²) in [5, 5.41) is 0.825. The van der Waals surface area contributed by atoms with Gasteiger partial charge in [-0.05, 0) is 31.9 Å². The lowest BCUT2D eigenvalue weighted by atomic mass is 10.0. The van der Waals surface area contributed by atoms with Gasteiger partial charge in [-0.2, -0.15) is 0 Å². The fourth-order valence-electron chi connectivity index (χ4n) is 3.96. The Morgan fingerprint density at radius 3 is 2.86 bits per heavy atom. The van der Waals surface area contributed by atoms with Crippen molar-refractivity contribution in [3.63, 3.8) is 0 Å². The first kappa shape index (κ1) is 12.6. The Labute approximate surface area is 123 Å². The second kappa shape index (κ2) is 4.20. The molecule has 2 aliphatic rings. The zero-order chi connectivity index (χ0) is 14.7. The molecule has 1 aromatic heterocycles. The van der Waals surface area contributed by atoms with Crippen LogP contribution in [0.15, 0.2) is 23.0 Å². The fourth-order valence-corrected chi connectivity index (χ4v) is 3.96. The standard InChI is InChI=1S/C17H18N2O2/c1-10-3-5-14-13(9-10)17(21)12-4-6-15-16(12)19(14)8-7-18(15)11(2)20/h3,5,9,15H,4,6-8H2,1-2H3/t15-/m0/s1. The van der Waals surface area contributed by atoms with E-state index in [0.717, 1.165) is 53.7 Å². The van der Waals surface area contributed by atoms with Crippen LogP contribution >= 0.6 is 0 Å². The molecule has 2 heterocycles. The van der Waals surface area contributed by atoms with E-state index < -0.39 is 0 Å². The van der Waals surface area contributed by atoms with E-state index in [1.807, 2.05) is 24.0 Å². The molecule has 0 bridgehead atoms. The Morgan fingerprint density at radius 2 is 2.10 bits per heavy atom. The molecular weight excluding hydrogens is 264 g/mol. The summed E-state index contributed by atoms with van der Waals surface area (Å²) in [5.41, 5.74) is 4.29. The Balaban J connectivity index is 2.06. The number of amides is 1. The lowest BCUT2D eigenvalue weighted by molar-refractivity contribution is -0.132. The van der Waals surface area contributed by atoms with E-state index in [0.29, 0.717) is 0 Å². The van der Waals surface area contributed by atoms with E-state index in [1.165, 1.54) is 0 Å². The van der Waals surface area contributed by atoms with Crippen molar-refractivity contribution in [2.75, 3.05) is 6.54 Å². The van der Waals surface area contributed by atoms with Crippen molar-refractivity contribution < 1.29 is 4.79 Å². The molecule has 2 aromatic rings. The number of carbonyl (C=O) groups excluding carboxylic acids is 1. The number of hydrogen-bond acceptors (Lipinski definition) is 2. The summed E-state index contributed by atoms with van der Waals surface area (Å²) in [6.07, 6.45) is 1.66. The van der Waals surface area contributed by atoms with Crippen molar-refractivity contribution >= 4 is 16.8 Å². The maximum atomic E-state index is 12.8. The Bertz CT molecular complexity index is 835. The van der Waals surface area contributed by atoms with Crippen molar-refractivity contribution in [2.24, 2.45) is 0 Å². The molecule has 21 heavy (non-hydrogen) atoms. The van der Waals surface area contributed by atoms with Crippen molar-refractivity contribution in [2.45, 2.75) is 39.3 Å². The smallest absolute Gasteiger partial charge is 0.220 e. The minimum atomic E-state index is 0.0876. The van der Waals surface area contributed by atoms with Gasteiger partial charge >= 0.3 is 0 Å². The quantitative estimate of drug-likeness (QED) is 0.743. The molecule has 1 atom stereocenters. The predicted octanol–water partition coefficient (Wildman–Crippen LogP) is 2.16. The van der Waals surface area contributed by atoms with Gasteiger partial charge in [0.05, 0.1) is 11.6 Å². The zero-order valence-electron chi connectivity index (χ0n) is 12.3. The van der Waals surface area contributed by atoms with Gasteiger partial charge in [-0.15, -0.1) is 0 Å². The monoisotopic (exact) mass is 282 g/mol. The summed E-state index contributed by atoms with van der Waals surface area (Å²) >= 11 is 0. The summed E-state index contributed by atoms with van der Waals surface area (Å²) in [6, 6.07) is 6.18. The van der Waals surface area contributed by atoms with Gasteiger partial charge in [-0.25, -0.2) is 0 Å². The van der Waals surface area contributed by atoms with E-state index in [2.05, 4.69) is 10.6 Å². The van der Waals surface area contributed by atoms with Crippen molar-refractivity contribution in [3.05, 3.63) is 45.2 Å². The normalized spacial score (nSPS) is 19.9. The molecule has 1 aromatic carbocycles. The highest BCUT2D eigenvalue weighted by Crippen LogP contribution is 2.38. The van der Waals surface area contributed by atoms with Crippen LogP contribution in [0, 0.1) is 6.92 Å². The molecule has 1 amide bonds. The van der Waals surface area contributed by atoms with Crippen LogP contribution in [0.1, 0.15) is 36.2 Å². The average molecular weight is 282 g/mol. The van der Waals surface area contributed by atoms with Gasteiger partial charge in [-0.1, -0.05) is 11.6 Å². The first-order valence-electron chi connectivity index (χ1n) is 7.51. The number of hydrogen-bond donors (Lipinski definition) is 0. The van der Waals surface area contributed by atoms with E-state index in [1.54, 1.807) is 6.92 Å². The summed E-state index contributed by atoms with van der Waals surface area (Å²) < 4.78 is 2.27. The number of carbonyl (C=O) groups is 1. The molecule has 0 unspecified atom stereocenters. The van der Waals surface area contributed by atoms with E-state index in [9.17, 15) is 9.59 Å². The molecule has 0 radical (unpaired) electrons. The molecule has 0 saturated carbocycles. The molecule has 1 aliphatic heterocycles. The summed E-state index contributed by atoms with van der Waals surface area (Å²) in [4.78, 5) is 26.5. The highest BCUT2D eigenvalue weighted by molar-refractivity contribution is 5.82. The van der Waals surface area contributed by atoms with E-state index in [-0.39, 0.29) is 17.4 Å². The number of benzene rings is 1. The Hall–Kier alpha value is -2.10. The molecular formula is C17H18N2O2. The molecule has 4 heteroatoms. The first-order valence-corrected chi connectivity index (χ1v) is 7.51. The van der Waals surface area contributed by atoms with Gasteiger partial charge in [0.1, 0.15) is 0 Å². The van der Waals surface area contributed by atoms with Crippen molar-refractivity contribution in [1.82, 2.24) is 9.47 Å². The first-order chi connectivity index (χ1) is 10.1. The second-order valence-electron chi connectivity index (χ2n) is 6.13. The third kappa shape index (κ3) is 1.62. The Morgan fingerprint density at radius 1 is 1.29 bits per heavy atom. The average Bonchev–Trinajstić information content (AvgIpc) is 2.89. The summed E-state index contributed by atoms with van der Waals surface area (Å²) in [5.74, 6) is 0.107. The largest absolute Gasteiger partial charge is 0.340 e. The van der Waals surface area contributed by atoms with Crippen LogP contribution < -0.4 is 5.43 Å². The number of aromatic nitrogens is 1. The topological polar surface area (TPSA) is 42.3 Å². The van der Waals surface area contributed by atoms with Crippen LogP contribution in [0.4, 0.5) is 0 Å². The van der Waals surface area contributed by atoms with Gasteiger partial charge in [0.25, 0.3) is 0 Å². The fraction of sp³-hybridized carbons (Fsp3) is 0.412. The van der Waals surface area contributed by atoms with Crippen LogP contribution in [-0.2, 0) is 17.8 Å². The molecule has 0 N–H and O–H groups in total. The van der Waals surface area contributed by atoms with Gasteiger partial charge < -0.3 is 9.47 Å². The third-order valence-electron chi connectivity index (χ3n) is 4.89. The molecule has 108 valence electrons. The molecule has 0 spiro atoms. The number of fused-ring (bicyclic) bond motifs is 2. The number of rotatable bonds is 0. The van der Waals surface area contributed by atoms with E-state index in [4.69, 9.17) is 0 Å². The molecule has 1 aliphatic carbocycles. The van der Waals surface area contributed by atoms with E-state index >= 15 is 0 Å². The van der Waals surface area contributed by atoms with Gasteiger partial charge in [0.2, 0.25) is 5.91 Å². The maximum absolute atomic E-state index is 12.8. The number of nitrogens with zero attached hydrogens (tertiary/aromatic N) is 2. The lowest BCUT2D eigenvalue weighted by Gasteiger charge is -2.36. The van der Waals surface area contributed by atoms with Gasteiger partial charge in [0.15, 0.2) is 5.43 Å². The minimum Gasteiger partial charge on any atom is -0.340 e. The maximum Gasteiger partial charge on any atom is 0.220 e. The van der Waals surface area contributed by atoms with Crippen LogP contribution in [0.25, 0.3) is 10.9 Å². The molecule has 4 rings (SSSR count). The van der Waals surface area contributed by atoms with Crippen LogP contribution in [0.5, 0.6) is 0 Å². The highest BCUT2D eigenvalue weighted by Gasteiger charge is 2.37. The van der Waals surface area contributed by atoms with Crippen molar-refractivity contribution in [3.8, 4) is 0 Å². The molecule has 4 nitrogen and oxygen atoms in total. The highest BCUT2D eigenvalue weighted by atomic mass is 16.2. The lowest BCUT2D eigenvalue weighted by Crippen LogP contribution is -2.41. The number of aryl methyl sites for hydroxylation is 1.